The maximum atomic E-state index is 3.73. The highest BCUT2D eigenvalue weighted by Crippen LogP contribution is 2.40. The first-order valence-corrected chi connectivity index (χ1v) is 7.40. The number of thiophene rings is 1. The summed E-state index contributed by atoms with van der Waals surface area (Å²) in [4.78, 5) is 1.46. The van der Waals surface area contributed by atoms with Crippen LogP contribution in [0.25, 0.3) is 0 Å². The molecule has 1 heterocycles. The van der Waals surface area contributed by atoms with Crippen molar-refractivity contribution in [2.75, 3.05) is 6.54 Å². The lowest BCUT2D eigenvalue weighted by Crippen LogP contribution is -2.33. The summed E-state index contributed by atoms with van der Waals surface area (Å²) in [6.07, 6.45) is 7.05. The van der Waals surface area contributed by atoms with Crippen molar-refractivity contribution in [2.45, 2.75) is 52.0 Å². The van der Waals surface area contributed by atoms with Crippen LogP contribution < -0.4 is 5.32 Å². The van der Waals surface area contributed by atoms with Gasteiger partial charge in [0.1, 0.15) is 0 Å². The Bertz CT molecular complexity index is 299. The Balaban J connectivity index is 1.86. The van der Waals surface area contributed by atoms with Gasteiger partial charge in [0.25, 0.3) is 0 Å². The third-order valence-corrected chi connectivity index (χ3v) is 5.22. The predicted molar refractivity (Wildman–Crippen MR) is 71.9 cm³/mol. The number of rotatable bonds is 5. The zero-order valence-electron chi connectivity index (χ0n) is 10.5. The minimum absolute atomic E-state index is 0.518. The van der Waals surface area contributed by atoms with Crippen LogP contribution in [0.2, 0.25) is 0 Å². The van der Waals surface area contributed by atoms with Crippen LogP contribution in [0.3, 0.4) is 0 Å². The summed E-state index contributed by atoms with van der Waals surface area (Å²) in [6, 6.07) is 4.89. The van der Waals surface area contributed by atoms with Gasteiger partial charge in [-0.25, -0.2) is 0 Å². The lowest BCUT2D eigenvalue weighted by molar-refractivity contribution is 0.259. The standard InChI is InChI=1S/C14H23NS/c1-3-14(8-4-5-9-14)11-15-12(2)13-7-6-10-16-13/h6-7,10,12,15H,3-5,8-9,11H2,1-2H3. The van der Waals surface area contributed by atoms with Gasteiger partial charge in [0.15, 0.2) is 0 Å². The average Bonchev–Trinajstić information content (AvgIpc) is 2.98. The van der Waals surface area contributed by atoms with Gasteiger partial charge in [0.2, 0.25) is 0 Å². The predicted octanol–water partition coefficient (Wildman–Crippen LogP) is 4.37. The van der Waals surface area contributed by atoms with Gasteiger partial charge in [0.05, 0.1) is 0 Å². The molecule has 1 aliphatic rings. The monoisotopic (exact) mass is 237 g/mol. The van der Waals surface area contributed by atoms with Crippen LogP contribution in [0.15, 0.2) is 17.5 Å². The van der Waals surface area contributed by atoms with Crippen molar-refractivity contribution in [1.29, 1.82) is 0 Å². The van der Waals surface area contributed by atoms with E-state index in [1.54, 1.807) is 0 Å². The summed E-state index contributed by atoms with van der Waals surface area (Å²) >= 11 is 1.86. The van der Waals surface area contributed by atoms with Crippen molar-refractivity contribution in [3.05, 3.63) is 22.4 Å². The smallest absolute Gasteiger partial charge is 0.0386 e. The van der Waals surface area contributed by atoms with E-state index < -0.39 is 0 Å². The van der Waals surface area contributed by atoms with Crippen LogP contribution >= 0.6 is 11.3 Å². The topological polar surface area (TPSA) is 12.0 Å². The third kappa shape index (κ3) is 2.67. The SMILES string of the molecule is CCC1(CNC(C)c2cccs2)CCCC1. The van der Waals surface area contributed by atoms with Crippen LogP contribution in [0.1, 0.15) is 56.9 Å². The fourth-order valence-corrected chi connectivity index (χ4v) is 3.55. The molecule has 1 aromatic heterocycles. The van der Waals surface area contributed by atoms with Gasteiger partial charge in [-0.05, 0) is 43.0 Å². The molecule has 2 heteroatoms. The summed E-state index contributed by atoms with van der Waals surface area (Å²) in [5, 5.41) is 5.89. The second-order valence-electron chi connectivity index (χ2n) is 5.18. The maximum Gasteiger partial charge on any atom is 0.0386 e. The molecule has 1 N–H and O–H groups in total. The van der Waals surface area contributed by atoms with E-state index in [1.165, 1.54) is 43.5 Å². The Morgan fingerprint density at radius 3 is 2.75 bits per heavy atom. The van der Waals surface area contributed by atoms with Crippen LogP contribution in [-0.2, 0) is 0 Å². The van der Waals surface area contributed by atoms with Crippen molar-refractivity contribution < 1.29 is 0 Å². The molecule has 0 spiro atoms. The fourth-order valence-electron chi connectivity index (χ4n) is 2.79. The minimum atomic E-state index is 0.518. The summed E-state index contributed by atoms with van der Waals surface area (Å²) < 4.78 is 0. The lowest BCUT2D eigenvalue weighted by atomic mass is 9.83. The van der Waals surface area contributed by atoms with Gasteiger partial charge in [0, 0.05) is 17.5 Å². The van der Waals surface area contributed by atoms with Crippen molar-refractivity contribution in [3.8, 4) is 0 Å². The van der Waals surface area contributed by atoms with Crippen LogP contribution in [0, 0.1) is 5.41 Å². The van der Waals surface area contributed by atoms with E-state index in [0.29, 0.717) is 11.5 Å². The summed E-state index contributed by atoms with van der Waals surface area (Å²) in [5.74, 6) is 0. The molecule has 1 aromatic rings. The normalized spacial score (nSPS) is 21.1. The van der Waals surface area contributed by atoms with Gasteiger partial charge in [-0.2, -0.15) is 0 Å². The molecule has 90 valence electrons. The molecular weight excluding hydrogens is 214 g/mol. The molecule has 1 saturated carbocycles. The maximum absolute atomic E-state index is 3.73. The van der Waals surface area contributed by atoms with Crippen molar-refractivity contribution in [3.63, 3.8) is 0 Å². The lowest BCUT2D eigenvalue weighted by Gasteiger charge is -2.29. The summed E-state index contributed by atoms with van der Waals surface area (Å²) in [5.41, 5.74) is 0.603. The number of hydrogen-bond acceptors (Lipinski definition) is 2. The summed E-state index contributed by atoms with van der Waals surface area (Å²) in [6.45, 7) is 5.83. The minimum Gasteiger partial charge on any atom is -0.309 e. The van der Waals surface area contributed by atoms with Gasteiger partial charge in [-0.15, -0.1) is 11.3 Å². The fraction of sp³-hybridized carbons (Fsp3) is 0.714. The number of hydrogen-bond donors (Lipinski definition) is 1. The van der Waals surface area contributed by atoms with E-state index in [1.807, 2.05) is 11.3 Å². The van der Waals surface area contributed by atoms with Crippen LogP contribution in [0.5, 0.6) is 0 Å². The van der Waals surface area contributed by atoms with Gasteiger partial charge >= 0.3 is 0 Å². The molecule has 1 nitrogen and oxygen atoms in total. The molecule has 1 atom stereocenters. The molecular formula is C14H23NS. The molecule has 2 rings (SSSR count). The highest BCUT2D eigenvalue weighted by atomic mass is 32.1. The van der Waals surface area contributed by atoms with Crippen molar-refractivity contribution in [2.24, 2.45) is 5.41 Å². The first kappa shape index (κ1) is 12.1. The molecule has 0 saturated heterocycles. The zero-order chi connectivity index (χ0) is 11.4. The molecule has 16 heavy (non-hydrogen) atoms. The molecule has 1 unspecified atom stereocenters. The van der Waals surface area contributed by atoms with Gasteiger partial charge in [-0.3, -0.25) is 0 Å². The quantitative estimate of drug-likeness (QED) is 0.802. The summed E-state index contributed by atoms with van der Waals surface area (Å²) in [7, 11) is 0. The molecule has 0 aliphatic heterocycles. The van der Waals surface area contributed by atoms with Gasteiger partial charge < -0.3 is 5.32 Å². The molecule has 0 amide bonds. The first-order chi connectivity index (χ1) is 7.76. The molecule has 1 fully saturated rings. The Labute approximate surface area is 103 Å². The largest absolute Gasteiger partial charge is 0.309 e. The van der Waals surface area contributed by atoms with Crippen molar-refractivity contribution >= 4 is 11.3 Å². The van der Waals surface area contributed by atoms with E-state index in [4.69, 9.17) is 0 Å². The highest BCUT2D eigenvalue weighted by Gasteiger charge is 2.31. The molecule has 0 radical (unpaired) electrons. The Kier molecular flexibility index (Phi) is 4.04. The third-order valence-electron chi connectivity index (χ3n) is 4.17. The second kappa shape index (κ2) is 5.33. The van der Waals surface area contributed by atoms with Crippen molar-refractivity contribution in [1.82, 2.24) is 5.32 Å². The molecule has 0 bridgehead atoms. The molecule has 1 aliphatic carbocycles. The van der Waals surface area contributed by atoms with E-state index in [0.717, 1.165) is 0 Å². The number of nitrogens with one attached hydrogen (secondary N) is 1. The average molecular weight is 237 g/mol. The van der Waals surface area contributed by atoms with Crippen LogP contribution in [0.4, 0.5) is 0 Å². The first-order valence-electron chi connectivity index (χ1n) is 6.52. The zero-order valence-corrected chi connectivity index (χ0v) is 11.3. The Morgan fingerprint density at radius 2 is 2.19 bits per heavy atom. The van der Waals surface area contributed by atoms with E-state index in [-0.39, 0.29) is 0 Å². The molecule has 0 aromatic carbocycles. The highest BCUT2D eigenvalue weighted by molar-refractivity contribution is 7.10. The van der Waals surface area contributed by atoms with Gasteiger partial charge in [-0.1, -0.05) is 25.8 Å². The van der Waals surface area contributed by atoms with E-state index in [9.17, 15) is 0 Å². The van der Waals surface area contributed by atoms with E-state index in [2.05, 4.69) is 36.7 Å². The van der Waals surface area contributed by atoms with E-state index >= 15 is 0 Å². The Hall–Kier alpha value is -0.340. The Morgan fingerprint density at radius 1 is 1.44 bits per heavy atom. The second-order valence-corrected chi connectivity index (χ2v) is 6.16. The van der Waals surface area contributed by atoms with Crippen LogP contribution in [-0.4, -0.2) is 6.54 Å².